The molecule has 2 atom stereocenters. The minimum atomic E-state index is -1.96. The van der Waals surface area contributed by atoms with E-state index < -0.39 is 14.4 Å². The van der Waals surface area contributed by atoms with Crippen molar-refractivity contribution in [3.8, 4) is 11.5 Å². The molecule has 2 unspecified atom stereocenters. The maximum absolute atomic E-state index is 10.9. The van der Waals surface area contributed by atoms with Crippen molar-refractivity contribution >= 4 is 8.32 Å². The highest BCUT2D eigenvalue weighted by Crippen LogP contribution is 2.42. The molecular weight excluding hydrogens is 390 g/mol. The van der Waals surface area contributed by atoms with Gasteiger partial charge in [-0.05, 0) is 85.6 Å². The molecule has 1 aromatic rings. The Balaban J connectivity index is 2.31. The Hall–Kier alpha value is -1.30. The smallest absolute Gasteiger partial charge is 0.250 e. The predicted octanol–water partition coefficient (Wildman–Crippen LogP) is 6.01. The van der Waals surface area contributed by atoms with Crippen molar-refractivity contribution < 1.29 is 14.3 Å². The number of ether oxygens (including phenoxy) is 1. The molecule has 170 valence electrons. The average Bonchev–Trinajstić information content (AvgIpc) is 2.64. The van der Waals surface area contributed by atoms with Gasteiger partial charge in [-0.15, -0.1) is 0 Å². The van der Waals surface area contributed by atoms with E-state index in [1.165, 1.54) is 11.1 Å². The molecule has 0 aliphatic carbocycles. The Morgan fingerprint density at radius 3 is 2.47 bits per heavy atom. The van der Waals surface area contributed by atoms with Gasteiger partial charge in [0, 0.05) is 6.04 Å². The predicted molar refractivity (Wildman–Crippen MR) is 129 cm³/mol. The van der Waals surface area contributed by atoms with Crippen LogP contribution in [0.2, 0.25) is 18.1 Å². The van der Waals surface area contributed by atoms with E-state index in [2.05, 4.69) is 71.2 Å². The maximum atomic E-state index is 10.9. The van der Waals surface area contributed by atoms with Gasteiger partial charge in [0.25, 0.3) is 8.32 Å². The highest BCUT2D eigenvalue weighted by atomic mass is 28.4. The monoisotopic (exact) mass is 433 g/mol. The van der Waals surface area contributed by atoms with Crippen LogP contribution in [0.3, 0.4) is 0 Å². The van der Waals surface area contributed by atoms with Gasteiger partial charge >= 0.3 is 0 Å². The van der Waals surface area contributed by atoms with Crippen LogP contribution in [0.4, 0.5) is 0 Å². The molecule has 1 heterocycles. The number of nitrogens with one attached hydrogen (secondary N) is 1. The van der Waals surface area contributed by atoms with Crippen LogP contribution in [0.25, 0.3) is 0 Å². The van der Waals surface area contributed by atoms with Crippen LogP contribution in [0, 0.1) is 5.92 Å². The van der Waals surface area contributed by atoms with Crippen molar-refractivity contribution in [3.05, 3.63) is 34.9 Å². The van der Waals surface area contributed by atoms with E-state index in [0.717, 1.165) is 36.5 Å². The number of fused-ring (bicyclic) bond motifs is 1. The van der Waals surface area contributed by atoms with E-state index in [0.29, 0.717) is 12.3 Å². The van der Waals surface area contributed by atoms with E-state index in [1.807, 2.05) is 6.92 Å². The highest BCUT2D eigenvalue weighted by molar-refractivity contribution is 6.74. The molecule has 0 fully saturated rings. The van der Waals surface area contributed by atoms with Crippen LogP contribution in [0.1, 0.15) is 71.6 Å². The van der Waals surface area contributed by atoms with Crippen molar-refractivity contribution in [2.24, 2.45) is 5.92 Å². The van der Waals surface area contributed by atoms with Crippen molar-refractivity contribution in [2.45, 2.75) is 91.1 Å². The van der Waals surface area contributed by atoms with Crippen molar-refractivity contribution in [2.75, 3.05) is 13.7 Å². The summed E-state index contributed by atoms with van der Waals surface area (Å²) < 4.78 is 12.3. The molecule has 1 aliphatic heterocycles. The third-order valence-electron chi connectivity index (χ3n) is 6.66. The number of methoxy groups -OCH3 is 1. The third kappa shape index (κ3) is 5.89. The van der Waals surface area contributed by atoms with Gasteiger partial charge in [0.2, 0.25) is 0 Å². The van der Waals surface area contributed by atoms with E-state index in [4.69, 9.17) is 9.16 Å². The second-order valence-electron chi connectivity index (χ2n) is 10.5. The first-order valence-electron chi connectivity index (χ1n) is 11.4. The van der Waals surface area contributed by atoms with Gasteiger partial charge in [-0.1, -0.05) is 40.7 Å². The second kappa shape index (κ2) is 9.88. The number of aliphatic hydroxyl groups excluding tert-OH is 1. The number of allylic oxidation sites excluding steroid dienone is 1. The van der Waals surface area contributed by atoms with Crippen molar-refractivity contribution in [3.63, 3.8) is 0 Å². The van der Waals surface area contributed by atoms with Gasteiger partial charge in [0.05, 0.1) is 13.2 Å². The summed E-state index contributed by atoms with van der Waals surface area (Å²) in [4.78, 5) is 0. The Labute approximate surface area is 185 Å². The maximum Gasteiger partial charge on any atom is 0.250 e. The van der Waals surface area contributed by atoms with E-state index >= 15 is 0 Å². The molecule has 1 aliphatic rings. The highest BCUT2D eigenvalue weighted by Gasteiger charge is 2.40. The van der Waals surface area contributed by atoms with E-state index in [9.17, 15) is 5.11 Å². The lowest BCUT2D eigenvalue weighted by molar-refractivity contribution is 0.175. The topological polar surface area (TPSA) is 50.7 Å². The fourth-order valence-corrected chi connectivity index (χ4v) is 4.84. The molecule has 0 aromatic heterocycles. The minimum Gasteiger partial charge on any atom is -0.541 e. The van der Waals surface area contributed by atoms with Crippen LogP contribution >= 0.6 is 0 Å². The average molecular weight is 434 g/mol. The molecule has 0 amide bonds. The number of hydrogen-bond acceptors (Lipinski definition) is 4. The first-order chi connectivity index (χ1) is 13.9. The zero-order valence-corrected chi connectivity index (χ0v) is 21.6. The largest absolute Gasteiger partial charge is 0.541 e. The number of benzene rings is 1. The molecule has 0 saturated carbocycles. The zero-order valence-electron chi connectivity index (χ0n) is 20.6. The van der Waals surface area contributed by atoms with Crippen LogP contribution in [0.15, 0.2) is 23.8 Å². The lowest BCUT2D eigenvalue weighted by Gasteiger charge is -2.37. The zero-order chi connectivity index (χ0) is 22.7. The lowest BCUT2D eigenvalue weighted by atomic mass is 9.87. The molecule has 0 spiro atoms. The summed E-state index contributed by atoms with van der Waals surface area (Å²) in [7, 11) is -0.251. The summed E-state index contributed by atoms with van der Waals surface area (Å²) in [6.45, 7) is 18.6. The standard InChI is InChI=1S/C25H43NO3Si/c1-10-18(13-17(2)3)22(27)16-21-20-15-23(28-7)24(14-19(20)11-12-26-21)29-30(8,9)25(4,5)6/h10,14-15,17,21-22,26-27H,11-13,16H2,1-9H3/b18-10+. The summed E-state index contributed by atoms with van der Waals surface area (Å²) >= 11 is 0. The summed E-state index contributed by atoms with van der Waals surface area (Å²) in [5.74, 6) is 2.18. The molecule has 2 N–H and O–H groups in total. The Kier molecular flexibility index (Phi) is 8.22. The SMILES string of the molecule is C/C=C(\CC(C)C)C(O)CC1NCCc2cc(O[Si](C)(C)C(C)(C)C)c(OC)cc21. The van der Waals surface area contributed by atoms with Crippen LogP contribution < -0.4 is 14.5 Å². The normalized spacial score (nSPS) is 18.9. The fraction of sp³-hybridized carbons (Fsp3) is 0.680. The number of hydrogen-bond donors (Lipinski definition) is 2. The van der Waals surface area contributed by atoms with Gasteiger partial charge in [-0.3, -0.25) is 0 Å². The molecule has 0 bridgehead atoms. The Bertz CT molecular complexity index is 749. The molecule has 5 heteroatoms. The molecule has 0 saturated heterocycles. The van der Waals surface area contributed by atoms with Gasteiger partial charge < -0.3 is 19.6 Å². The third-order valence-corrected chi connectivity index (χ3v) is 11.0. The summed E-state index contributed by atoms with van der Waals surface area (Å²) in [6.07, 6.45) is 4.20. The summed E-state index contributed by atoms with van der Waals surface area (Å²) in [5.41, 5.74) is 3.65. The van der Waals surface area contributed by atoms with Crippen LogP contribution in [0.5, 0.6) is 11.5 Å². The van der Waals surface area contributed by atoms with E-state index in [-0.39, 0.29) is 11.1 Å². The van der Waals surface area contributed by atoms with Gasteiger partial charge in [-0.2, -0.15) is 0 Å². The number of rotatable bonds is 8. The Morgan fingerprint density at radius 1 is 1.27 bits per heavy atom. The minimum absolute atomic E-state index is 0.113. The van der Waals surface area contributed by atoms with Gasteiger partial charge in [-0.25, -0.2) is 0 Å². The summed E-state index contributed by atoms with van der Waals surface area (Å²) in [5, 5.41) is 14.6. The molecule has 0 radical (unpaired) electrons. The van der Waals surface area contributed by atoms with Crippen LogP contribution in [-0.4, -0.2) is 33.2 Å². The molecule has 1 aromatic carbocycles. The molecule has 2 rings (SSSR count). The quantitative estimate of drug-likeness (QED) is 0.389. The van der Waals surface area contributed by atoms with Crippen molar-refractivity contribution in [1.29, 1.82) is 0 Å². The van der Waals surface area contributed by atoms with Crippen LogP contribution in [-0.2, 0) is 6.42 Å². The second-order valence-corrected chi connectivity index (χ2v) is 15.3. The first-order valence-corrected chi connectivity index (χ1v) is 14.3. The molecule has 30 heavy (non-hydrogen) atoms. The fourth-order valence-electron chi connectivity index (χ4n) is 3.82. The first kappa shape index (κ1) is 25.0. The Morgan fingerprint density at radius 2 is 1.93 bits per heavy atom. The molecular formula is C25H43NO3Si. The van der Waals surface area contributed by atoms with Crippen molar-refractivity contribution in [1.82, 2.24) is 5.32 Å². The number of aliphatic hydroxyl groups is 1. The van der Waals surface area contributed by atoms with E-state index in [1.54, 1.807) is 7.11 Å². The van der Waals surface area contributed by atoms with Gasteiger partial charge in [0.1, 0.15) is 5.75 Å². The molecule has 4 nitrogen and oxygen atoms in total. The summed E-state index contributed by atoms with van der Waals surface area (Å²) in [6, 6.07) is 4.42. The lowest BCUT2D eigenvalue weighted by Crippen LogP contribution is -2.44. The van der Waals surface area contributed by atoms with Gasteiger partial charge in [0.15, 0.2) is 5.75 Å².